The Hall–Kier alpha value is -0.0400. The highest BCUT2D eigenvalue weighted by Crippen LogP contribution is 2.26. The maximum absolute atomic E-state index is 3.72. The lowest BCUT2D eigenvalue weighted by atomic mass is 9.81. The Kier molecular flexibility index (Phi) is 5.54. The van der Waals surface area contributed by atoms with Crippen LogP contribution in [-0.2, 0) is 0 Å². The lowest BCUT2D eigenvalue weighted by molar-refractivity contribution is 0.221. The molecule has 1 aliphatic rings. The van der Waals surface area contributed by atoms with E-state index in [1.807, 2.05) is 0 Å². The summed E-state index contributed by atoms with van der Waals surface area (Å²) < 4.78 is 0. The van der Waals surface area contributed by atoms with Crippen molar-refractivity contribution < 1.29 is 0 Å². The van der Waals surface area contributed by atoms with Gasteiger partial charge in [-0.25, -0.2) is 0 Å². The molecule has 1 heteroatoms. The van der Waals surface area contributed by atoms with Crippen molar-refractivity contribution in [1.82, 2.24) is 5.32 Å². The molecule has 0 aromatic rings. The molecule has 0 amide bonds. The van der Waals surface area contributed by atoms with Gasteiger partial charge in [0.15, 0.2) is 0 Å². The quantitative estimate of drug-likeness (QED) is 0.613. The van der Waals surface area contributed by atoms with E-state index in [0.717, 1.165) is 18.0 Å². The highest BCUT2D eigenvalue weighted by atomic mass is 15.0. The average molecular weight is 197 g/mol. The molecule has 1 nitrogen and oxygen atoms in total. The van der Waals surface area contributed by atoms with Crippen LogP contribution < -0.4 is 5.32 Å². The highest BCUT2D eigenvalue weighted by molar-refractivity contribution is 4.84. The molecule has 1 atom stereocenters. The normalized spacial score (nSPS) is 28.5. The van der Waals surface area contributed by atoms with Crippen LogP contribution in [0.4, 0.5) is 0 Å². The Balaban J connectivity index is 1.91. The van der Waals surface area contributed by atoms with Gasteiger partial charge in [0.05, 0.1) is 0 Å². The zero-order valence-electron chi connectivity index (χ0n) is 10.2. The summed E-state index contributed by atoms with van der Waals surface area (Å²) in [5.41, 5.74) is 0. The molecule has 1 saturated carbocycles. The van der Waals surface area contributed by atoms with E-state index in [9.17, 15) is 0 Å². The third-order valence-corrected chi connectivity index (χ3v) is 3.38. The van der Waals surface area contributed by atoms with E-state index in [2.05, 4.69) is 26.1 Å². The van der Waals surface area contributed by atoms with Gasteiger partial charge in [-0.3, -0.25) is 0 Å². The van der Waals surface area contributed by atoms with Crippen LogP contribution in [-0.4, -0.2) is 12.1 Å². The van der Waals surface area contributed by atoms with Crippen molar-refractivity contribution in [3.05, 3.63) is 0 Å². The Labute approximate surface area is 89.7 Å². The topological polar surface area (TPSA) is 12.0 Å². The van der Waals surface area contributed by atoms with E-state index >= 15 is 0 Å². The first-order valence-electron chi connectivity index (χ1n) is 6.48. The zero-order chi connectivity index (χ0) is 10.4. The van der Waals surface area contributed by atoms with Crippen LogP contribution in [0, 0.1) is 5.92 Å². The Morgan fingerprint density at radius 1 is 1.21 bits per heavy atom. The molecule has 1 rings (SSSR count). The molecule has 0 heterocycles. The van der Waals surface area contributed by atoms with Crippen molar-refractivity contribution in [2.24, 2.45) is 5.92 Å². The largest absolute Gasteiger partial charge is 0.311 e. The summed E-state index contributed by atoms with van der Waals surface area (Å²) in [6.07, 6.45) is 9.76. The van der Waals surface area contributed by atoms with Crippen LogP contribution in [0.3, 0.4) is 0 Å². The first kappa shape index (κ1) is 12.0. The van der Waals surface area contributed by atoms with Gasteiger partial charge in [-0.2, -0.15) is 0 Å². The molecule has 1 unspecified atom stereocenters. The van der Waals surface area contributed by atoms with Crippen molar-refractivity contribution in [3.8, 4) is 0 Å². The van der Waals surface area contributed by atoms with E-state index in [1.165, 1.54) is 44.9 Å². The second-order valence-electron chi connectivity index (χ2n) is 5.19. The molecule has 0 aliphatic heterocycles. The number of hydrogen-bond donors (Lipinski definition) is 1. The average Bonchev–Trinajstić information content (AvgIpc) is 2.10. The van der Waals surface area contributed by atoms with Gasteiger partial charge in [-0.15, -0.1) is 0 Å². The number of rotatable bonds is 7. The van der Waals surface area contributed by atoms with Crippen LogP contribution >= 0.6 is 0 Å². The van der Waals surface area contributed by atoms with Gasteiger partial charge in [0.2, 0.25) is 0 Å². The first-order valence-corrected chi connectivity index (χ1v) is 6.48. The summed E-state index contributed by atoms with van der Waals surface area (Å²) in [7, 11) is 0. The lowest BCUT2D eigenvalue weighted by Crippen LogP contribution is -2.44. The second-order valence-corrected chi connectivity index (χ2v) is 5.19. The monoisotopic (exact) mass is 197 g/mol. The van der Waals surface area contributed by atoms with Gasteiger partial charge in [0.1, 0.15) is 0 Å². The molecule has 0 radical (unpaired) electrons. The van der Waals surface area contributed by atoms with Crippen molar-refractivity contribution in [3.63, 3.8) is 0 Å². The fraction of sp³-hybridized carbons (Fsp3) is 1.00. The predicted molar refractivity (Wildman–Crippen MR) is 63.5 cm³/mol. The van der Waals surface area contributed by atoms with Gasteiger partial charge in [-0.1, -0.05) is 39.5 Å². The van der Waals surface area contributed by atoms with Gasteiger partial charge in [-0.05, 0) is 32.1 Å². The van der Waals surface area contributed by atoms with Crippen LogP contribution in [0.5, 0.6) is 0 Å². The molecule has 0 aromatic carbocycles. The van der Waals surface area contributed by atoms with Crippen molar-refractivity contribution in [2.75, 3.05) is 0 Å². The fourth-order valence-corrected chi connectivity index (χ4v) is 2.40. The van der Waals surface area contributed by atoms with Gasteiger partial charge < -0.3 is 5.32 Å². The molecule has 84 valence electrons. The lowest BCUT2D eigenvalue weighted by Gasteiger charge is -2.35. The van der Waals surface area contributed by atoms with Crippen LogP contribution in [0.2, 0.25) is 0 Å². The van der Waals surface area contributed by atoms with Crippen molar-refractivity contribution >= 4 is 0 Å². The molecule has 1 N–H and O–H groups in total. The minimum Gasteiger partial charge on any atom is -0.311 e. The van der Waals surface area contributed by atoms with E-state index < -0.39 is 0 Å². The van der Waals surface area contributed by atoms with Gasteiger partial charge in [0, 0.05) is 12.1 Å². The zero-order valence-corrected chi connectivity index (χ0v) is 10.2. The van der Waals surface area contributed by atoms with Crippen LogP contribution in [0.25, 0.3) is 0 Å². The fourth-order valence-electron chi connectivity index (χ4n) is 2.40. The molecular formula is C13H27N. The Morgan fingerprint density at radius 2 is 1.93 bits per heavy atom. The van der Waals surface area contributed by atoms with Crippen LogP contribution in [0.15, 0.2) is 0 Å². The van der Waals surface area contributed by atoms with Gasteiger partial charge in [0.25, 0.3) is 0 Å². The minimum atomic E-state index is 0.740. The van der Waals surface area contributed by atoms with Crippen LogP contribution in [0.1, 0.15) is 65.7 Å². The maximum Gasteiger partial charge on any atom is 0.00746 e. The summed E-state index contributed by atoms with van der Waals surface area (Å²) in [6, 6.07) is 1.58. The molecule has 14 heavy (non-hydrogen) atoms. The third-order valence-electron chi connectivity index (χ3n) is 3.38. The summed E-state index contributed by atoms with van der Waals surface area (Å²) in [5.74, 6) is 0.972. The minimum absolute atomic E-state index is 0.740. The molecule has 0 aromatic heterocycles. The number of nitrogens with one attached hydrogen (secondary N) is 1. The van der Waals surface area contributed by atoms with E-state index in [0.29, 0.717) is 0 Å². The molecule has 0 saturated heterocycles. The summed E-state index contributed by atoms with van der Waals surface area (Å²) in [5, 5.41) is 3.72. The summed E-state index contributed by atoms with van der Waals surface area (Å²) in [6.45, 7) is 6.97. The highest BCUT2D eigenvalue weighted by Gasteiger charge is 2.25. The molecule has 0 spiro atoms. The second kappa shape index (κ2) is 6.44. The Bertz CT molecular complexity index is 138. The van der Waals surface area contributed by atoms with E-state index in [-0.39, 0.29) is 0 Å². The summed E-state index contributed by atoms with van der Waals surface area (Å²) in [4.78, 5) is 0. The standard InChI is InChI=1S/C13H27N/c1-4-5-6-7-8-12(3)14-13-9-11(2)10-13/h11-14H,4-10H2,1-3H3. The van der Waals surface area contributed by atoms with Gasteiger partial charge >= 0.3 is 0 Å². The molecule has 0 bridgehead atoms. The first-order chi connectivity index (χ1) is 6.72. The van der Waals surface area contributed by atoms with E-state index in [1.54, 1.807) is 0 Å². The maximum atomic E-state index is 3.72. The van der Waals surface area contributed by atoms with E-state index in [4.69, 9.17) is 0 Å². The van der Waals surface area contributed by atoms with Crippen molar-refractivity contribution in [2.45, 2.75) is 77.8 Å². The SMILES string of the molecule is CCCCCCC(C)NC1CC(C)C1. The van der Waals surface area contributed by atoms with Crippen molar-refractivity contribution in [1.29, 1.82) is 0 Å². The smallest absolute Gasteiger partial charge is 0.00746 e. The Morgan fingerprint density at radius 3 is 2.50 bits per heavy atom. The molecule has 1 fully saturated rings. The molecular weight excluding hydrogens is 170 g/mol. The predicted octanol–water partition coefficient (Wildman–Crippen LogP) is 3.73. The molecule has 1 aliphatic carbocycles. The third kappa shape index (κ3) is 4.45. The number of hydrogen-bond acceptors (Lipinski definition) is 1. The number of unbranched alkanes of at least 4 members (excludes halogenated alkanes) is 3. The summed E-state index contributed by atoms with van der Waals surface area (Å²) >= 11 is 0.